The number of halogens is 4. The van der Waals surface area contributed by atoms with E-state index in [0.717, 1.165) is 35.1 Å². The number of aromatic nitrogens is 3. The van der Waals surface area contributed by atoms with E-state index in [1.165, 1.54) is 0 Å². The minimum absolute atomic E-state index is 0.00879. The summed E-state index contributed by atoms with van der Waals surface area (Å²) in [6.07, 6.45) is -2.58. The Bertz CT molecular complexity index is 1350. The second-order valence-electron chi connectivity index (χ2n) is 8.16. The fourth-order valence-corrected chi connectivity index (χ4v) is 4.61. The molecule has 0 saturated carbocycles. The molecule has 0 radical (unpaired) electrons. The van der Waals surface area contributed by atoms with Gasteiger partial charge in [-0.25, -0.2) is 22.9 Å². The van der Waals surface area contributed by atoms with Crippen molar-refractivity contribution < 1.29 is 31.1 Å². The van der Waals surface area contributed by atoms with Crippen LogP contribution in [0.3, 0.4) is 0 Å². The van der Waals surface area contributed by atoms with Crippen LogP contribution < -0.4 is 10.0 Å². The van der Waals surface area contributed by atoms with Gasteiger partial charge in [0, 0.05) is 11.7 Å². The maximum absolute atomic E-state index is 13.2. The third-order valence-corrected chi connectivity index (χ3v) is 6.34. The molecule has 0 bridgehead atoms. The van der Waals surface area contributed by atoms with Gasteiger partial charge in [-0.05, 0) is 45.9 Å². The van der Waals surface area contributed by atoms with Gasteiger partial charge in [-0.3, -0.25) is 0 Å². The van der Waals surface area contributed by atoms with Gasteiger partial charge in [0.05, 0.1) is 29.1 Å². The molecule has 0 aliphatic rings. The molecule has 0 aliphatic heterocycles. The number of anilines is 2. The number of nitrogens with one attached hydrogen (secondary N) is 2. The number of benzene rings is 1. The number of carbonyl (C=O) groups is 1. The van der Waals surface area contributed by atoms with Gasteiger partial charge < -0.3 is 10.1 Å². The Kier molecular flexibility index (Phi) is 6.84. The normalized spacial score (nSPS) is 12.7. The molecule has 3 aromatic rings. The van der Waals surface area contributed by atoms with Gasteiger partial charge in [-0.2, -0.15) is 22.8 Å². The SMILES string of the molecule is CCOC(=O)c1cnc2c(S(=O)(=O)NC(C)(C)C)cnn2c1Nc1cc(C(F)(F)F)ccc1Cl. The molecule has 9 nitrogen and oxygen atoms in total. The van der Waals surface area contributed by atoms with E-state index in [-0.39, 0.29) is 39.2 Å². The van der Waals surface area contributed by atoms with E-state index in [4.69, 9.17) is 16.3 Å². The van der Waals surface area contributed by atoms with Crippen LogP contribution in [-0.2, 0) is 20.9 Å². The number of ether oxygens (including phenoxy) is 1. The molecule has 0 saturated heterocycles. The first kappa shape index (κ1) is 25.7. The van der Waals surface area contributed by atoms with Crippen LogP contribution in [0.15, 0.2) is 35.5 Å². The molecule has 3 rings (SSSR count). The van der Waals surface area contributed by atoms with Crippen molar-refractivity contribution in [1.82, 2.24) is 19.3 Å². The second kappa shape index (κ2) is 9.04. The minimum atomic E-state index is -4.65. The van der Waals surface area contributed by atoms with Crippen molar-refractivity contribution in [2.45, 2.75) is 44.3 Å². The lowest BCUT2D eigenvalue weighted by molar-refractivity contribution is -0.137. The lowest BCUT2D eigenvalue weighted by atomic mass is 10.1. The Hall–Kier alpha value is -2.90. The molecular formula is C20H21ClF3N5O4S. The van der Waals surface area contributed by atoms with Gasteiger partial charge in [0.2, 0.25) is 10.0 Å². The van der Waals surface area contributed by atoms with Gasteiger partial charge in [0.25, 0.3) is 0 Å². The van der Waals surface area contributed by atoms with Crippen LogP contribution in [0.2, 0.25) is 5.02 Å². The molecule has 0 atom stereocenters. The quantitative estimate of drug-likeness (QED) is 0.464. The van der Waals surface area contributed by atoms with Gasteiger partial charge in [-0.15, -0.1) is 0 Å². The summed E-state index contributed by atoms with van der Waals surface area (Å²) in [6.45, 7) is 6.51. The third-order valence-electron chi connectivity index (χ3n) is 4.27. The standard InChI is InChI=1S/C20H21ClF3N5O4S/c1-5-33-18(30)12-9-25-17-15(34(31,32)28-19(2,3)4)10-26-29(17)16(12)27-14-8-11(20(22,23)24)6-7-13(14)21/h6-10,27-28H,5H2,1-4H3. The number of carbonyl (C=O) groups excluding carboxylic acids is 1. The Labute approximate surface area is 198 Å². The zero-order valence-electron chi connectivity index (χ0n) is 18.5. The van der Waals surface area contributed by atoms with Crippen molar-refractivity contribution in [1.29, 1.82) is 0 Å². The topological polar surface area (TPSA) is 115 Å². The van der Waals surface area contributed by atoms with Gasteiger partial charge >= 0.3 is 12.1 Å². The summed E-state index contributed by atoms with van der Waals surface area (Å²) in [5.74, 6) is -1.03. The fourth-order valence-electron chi connectivity index (χ4n) is 2.96. The number of rotatable bonds is 6. The molecule has 0 fully saturated rings. The van der Waals surface area contributed by atoms with Gasteiger partial charge in [0.1, 0.15) is 10.5 Å². The molecule has 2 N–H and O–H groups in total. The number of fused-ring (bicyclic) bond motifs is 1. The van der Waals surface area contributed by atoms with E-state index >= 15 is 0 Å². The summed E-state index contributed by atoms with van der Waals surface area (Å²) in [7, 11) is -4.08. The predicted octanol–water partition coefficient (Wildman–Crippen LogP) is 4.40. The Morgan fingerprint density at radius 1 is 1.21 bits per heavy atom. The molecule has 0 aliphatic carbocycles. The summed E-state index contributed by atoms with van der Waals surface area (Å²) < 4.78 is 73.8. The number of hydrogen-bond donors (Lipinski definition) is 2. The summed E-state index contributed by atoms with van der Waals surface area (Å²) >= 11 is 6.09. The molecule has 0 unspecified atom stereocenters. The molecule has 184 valence electrons. The second-order valence-corrected chi connectivity index (χ2v) is 10.2. The fraction of sp³-hybridized carbons (Fsp3) is 0.350. The van der Waals surface area contributed by atoms with Crippen LogP contribution in [-0.4, -0.2) is 41.1 Å². The molecule has 14 heteroatoms. The number of nitrogens with zero attached hydrogens (tertiary/aromatic N) is 3. The molecule has 0 spiro atoms. The highest BCUT2D eigenvalue weighted by molar-refractivity contribution is 7.89. The number of sulfonamides is 1. The van der Waals surface area contributed by atoms with Crippen LogP contribution >= 0.6 is 11.6 Å². The van der Waals surface area contributed by atoms with E-state index < -0.39 is 33.3 Å². The van der Waals surface area contributed by atoms with Crippen LogP contribution in [0.25, 0.3) is 5.65 Å². The highest BCUT2D eigenvalue weighted by Gasteiger charge is 2.32. The monoisotopic (exact) mass is 519 g/mol. The van der Waals surface area contributed by atoms with Crippen molar-refractivity contribution >= 4 is 44.7 Å². The van der Waals surface area contributed by atoms with Crippen molar-refractivity contribution in [2.75, 3.05) is 11.9 Å². The first-order valence-corrected chi connectivity index (χ1v) is 11.7. The van der Waals surface area contributed by atoms with Crippen LogP contribution in [0.5, 0.6) is 0 Å². The summed E-state index contributed by atoms with van der Waals surface area (Å²) in [6, 6.07) is 2.60. The average molecular weight is 520 g/mol. The highest BCUT2D eigenvalue weighted by Crippen LogP contribution is 2.36. The van der Waals surface area contributed by atoms with E-state index in [1.807, 2.05) is 0 Å². The third kappa shape index (κ3) is 5.42. The van der Waals surface area contributed by atoms with E-state index in [0.29, 0.717) is 0 Å². The molecule has 1 aromatic carbocycles. The molecule has 2 aromatic heterocycles. The average Bonchev–Trinajstić information content (AvgIpc) is 3.13. The van der Waals surface area contributed by atoms with E-state index in [2.05, 4.69) is 20.1 Å². The lowest BCUT2D eigenvalue weighted by Crippen LogP contribution is -2.40. The molecular weight excluding hydrogens is 499 g/mol. The number of esters is 1. The van der Waals surface area contributed by atoms with E-state index in [9.17, 15) is 26.4 Å². The van der Waals surface area contributed by atoms with Crippen LogP contribution in [0.1, 0.15) is 43.6 Å². The summed E-state index contributed by atoms with van der Waals surface area (Å²) in [4.78, 5) is 16.3. The molecule has 34 heavy (non-hydrogen) atoms. The Morgan fingerprint density at radius 2 is 1.88 bits per heavy atom. The predicted molar refractivity (Wildman–Crippen MR) is 119 cm³/mol. The maximum atomic E-state index is 13.2. The first-order chi connectivity index (χ1) is 15.6. The minimum Gasteiger partial charge on any atom is -0.462 e. The van der Waals surface area contributed by atoms with Gasteiger partial charge in [-0.1, -0.05) is 11.6 Å². The van der Waals surface area contributed by atoms with E-state index in [1.54, 1.807) is 27.7 Å². The van der Waals surface area contributed by atoms with Crippen LogP contribution in [0.4, 0.5) is 24.7 Å². The first-order valence-electron chi connectivity index (χ1n) is 9.85. The van der Waals surface area contributed by atoms with Gasteiger partial charge in [0.15, 0.2) is 11.5 Å². The zero-order valence-corrected chi connectivity index (χ0v) is 20.1. The number of alkyl halides is 3. The summed E-state index contributed by atoms with van der Waals surface area (Å²) in [5.41, 5.74) is -2.36. The Balaban J connectivity index is 2.22. The smallest absolute Gasteiger partial charge is 0.416 e. The maximum Gasteiger partial charge on any atom is 0.416 e. The zero-order chi connectivity index (χ0) is 25.5. The van der Waals surface area contributed by atoms with Crippen molar-refractivity contribution in [2.24, 2.45) is 0 Å². The van der Waals surface area contributed by atoms with Crippen molar-refractivity contribution in [3.8, 4) is 0 Å². The molecule has 0 amide bonds. The van der Waals surface area contributed by atoms with Crippen LogP contribution in [0, 0.1) is 0 Å². The highest BCUT2D eigenvalue weighted by atomic mass is 35.5. The Morgan fingerprint density at radius 3 is 2.47 bits per heavy atom. The van der Waals surface area contributed by atoms with Crippen molar-refractivity contribution in [3.63, 3.8) is 0 Å². The number of hydrogen-bond acceptors (Lipinski definition) is 7. The van der Waals surface area contributed by atoms with Crippen molar-refractivity contribution in [3.05, 3.63) is 46.7 Å². The largest absolute Gasteiger partial charge is 0.462 e. The summed E-state index contributed by atoms with van der Waals surface area (Å²) in [5, 5.41) is 6.59. The molecule has 2 heterocycles. The lowest BCUT2D eigenvalue weighted by Gasteiger charge is -2.19.